The Labute approximate surface area is 114 Å². The van der Waals surface area contributed by atoms with Crippen LogP contribution < -0.4 is 0 Å². The van der Waals surface area contributed by atoms with Crippen LogP contribution >= 0.6 is 0 Å². The highest BCUT2D eigenvalue weighted by Gasteiger charge is 2.43. The van der Waals surface area contributed by atoms with Gasteiger partial charge in [-0.1, -0.05) is 42.5 Å². The summed E-state index contributed by atoms with van der Waals surface area (Å²) in [6.07, 6.45) is 2.90. The van der Waals surface area contributed by atoms with Crippen molar-refractivity contribution in [2.75, 3.05) is 13.7 Å². The van der Waals surface area contributed by atoms with Crippen molar-refractivity contribution in [3.63, 3.8) is 0 Å². The van der Waals surface area contributed by atoms with E-state index in [0.29, 0.717) is 18.9 Å². The van der Waals surface area contributed by atoms with Crippen molar-refractivity contribution in [2.24, 2.45) is 5.92 Å². The van der Waals surface area contributed by atoms with Crippen molar-refractivity contribution in [3.05, 3.63) is 48.0 Å². The Bertz CT molecular complexity index is 569. The molecule has 0 aromatic heterocycles. The van der Waals surface area contributed by atoms with E-state index < -0.39 is 5.60 Å². The van der Waals surface area contributed by atoms with Crippen molar-refractivity contribution >= 4 is 10.8 Å². The van der Waals surface area contributed by atoms with Crippen LogP contribution in [-0.4, -0.2) is 24.4 Å². The number of benzene rings is 2. The molecule has 100 valence electrons. The van der Waals surface area contributed by atoms with Crippen molar-refractivity contribution in [3.8, 4) is 0 Å². The summed E-state index contributed by atoms with van der Waals surface area (Å²) in [5.41, 5.74) is 0.503. The van der Waals surface area contributed by atoms with Gasteiger partial charge in [0.15, 0.2) is 0 Å². The van der Waals surface area contributed by atoms with Gasteiger partial charge in [-0.15, -0.1) is 0 Å². The molecule has 2 heteroatoms. The van der Waals surface area contributed by atoms with E-state index in [4.69, 9.17) is 4.74 Å². The van der Waals surface area contributed by atoms with Crippen LogP contribution in [0.5, 0.6) is 0 Å². The monoisotopic (exact) mass is 256 g/mol. The number of methoxy groups -OCH3 is 1. The predicted octanol–water partition coefficient (Wildman–Crippen LogP) is 3.17. The van der Waals surface area contributed by atoms with Crippen LogP contribution in [0.3, 0.4) is 0 Å². The fourth-order valence-corrected chi connectivity index (χ4v) is 2.96. The van der Waals surface area contributed by atoms with Gasteiger partial charge in [0.1, 0.15) is 0 Å². The maximum Gasteiger partial charge on any atom is 0.0948 e. The first-order valence-electron chi connectivity index (χ1n) is 6.91. The van der Waals surface area contributed by atoms with Crippen LogP contribution in [0, 0.1) is 5.92 Å². The highest BCUT2D eigenvalue weighted by atomic mass is 16.5. The molecule has 1 saturated carbocycles. The lowest BCUT2D eigenvalue weighted by molar-refractivity contribution is -0.0472. The third-order valence-electron chi connectivity index (χ3n) is 4.11. The second-order valence-electron chi connectivity index (χ2n) is 5.63. The smallest absolute Gasteiger partial charge is 0.0948 e. The number of aliphatic hydroxyl groups is 1. The van der Waals surface area contributed by atoms with Gasteiger partial charge >= 0.3 is 0 Å². The summed E-state index contributed by atoms with van der Waals surface area (Å²) in [6.45, 7) is 0.418. The third kappa shape index (κ3) is 2.51. The van der Waals surface area contributed by atoms with Crippen LogP contribution in [-0.2, 0) is 11.2 Å². The van der Waals surface area contributed by atoms with Crippen LogP contribution in [0.2, 0.25) is 0 Å². The van der Waals surface area contributed by atoms with Gasteiger partial charge in [0.05, 0.1) is 12.2 Å². The first-order valence-corrected chi connectivity index (χ1v) is 6.91. The minimum Gasteiger partial charge on any atom is -0.387 e. The largest absolute Gasteiger partial charge is 0.387 e. The second-order valence-corrected chi connectivity index (χ2v) is 5.63. The van der Waals surface area contributed by atoms with Crippen molar-refractivity contribution in [2.45, 2.75) is 24.9 Å². The van der Waals surface area contributed by atoms with Crippen molar-refractivity contribution in [1.82, 2.24) is 0 Å². The third-order valence-corrected chi connectivity index (χ3v) is 4.11. The van der Waals surface area contributed by atoms with E-state index in [-0.39, 0.29) is 0 Å². The van der Waals surface area contributed by atoms with Crippen LogP contribution in [0.15, 0.2) is 42.5 Å². The Kier molecular flexibility index (Phi) is 3.29. The number of ether oxygens (including phenoxy) is 1. The lowest BCUT2D eigenvalue weighted by atomic mass is 9.88. The highest BCUT2D eigenvalue weighted by Crippen LogP contribution is 2.42. The molecule has 0 radical (unpaired) electrons. The molecule has 0 aliphatic heterocycles. The summed E-state index contributed by atoms with van der Waals surface area (Å²) in [5, 5.41) is 13.3. The van der Waals surface area contributed by atoms with Crippen molar-refractivity contribution < 1.29 is 9.84 Å². The first-order chi connectivity index (χ1) is 9.23. The van der Waals surface area contributed by atoms with Gasteiger partial charge in [0.25, 0.3) is 0 Å². The summed E-state index contributed by atoms with van der Waals surface area (Å²) in [4.78, 5) is 0. The lowest BCUT2D eigenvalue weighted by Gasteiger charge is -2.28. The molecule has 0 amide bonds. The molecule has 0 saturated heterocycles. The topological polar surface area (TPSA) is 29.5 Å². The number of hydrogen-bond acceptors (Lipinski definition) is 2. The quantitative estimate of drug-likeness (QED) is 0.890. The van der Waals surface area contributed by atoms with E-state index in [1.54, 1.807) is 7.11 Å². The molecule has 0 heterocycles. The standard InChI is InChI=1S/C17H20O2/c1-19-12-17(18,15-9-10-15)11-14-7-4-6-13-5-2-3-8-16(13)14/h2-8,15,18H,9-12H2,1H3. The molecule has 1 fully saturated rings. The van der Waals surface area contributed by atoms with Gasteiger partial charge in [0, 0.05) is 13.5 Å². The summed E-state index contributed by atoms with van der Waals surface area (Å²) in [6, 6.07) is 14.7. The zero-order chi connectivity index (χ0) is 13.3. The zero-order valence-corrected chi connectivity index (χ0v) is 11.3. The van der Waals surface area contributed by atoms with E-state index in [9.17, 15) is 5.11 Å². The normalized spacial score (nSPS) is 18.4. The average Bonchev–Trinajstić information content (AvgIpc) is 3.24. The van der Waals surface area contributed by atoms with Gasteiger partial charge < -0.3 is 9.84 Å². The maximum absolute atomic E-state index is 10.8. The van der Waals surface area contributed by atoms with Gasteiger partial charge in [-0.3, -0.25) is 0 Å². The molecular weight excluding hydrogens is 236 g/mol. The average molecular weight is 256 g/mol. The number of hydrogen-bond donors (Lipinski definition) is 1. The number of rotatable bonds is 5. The Morgan fingerprint density at radius 2 is 1.89 bits per heavy atom. The minimum atomic E-state index is -0.709. The molecule has 1 aliphatic carbocycles. The van der Waals surface area contributed by atoms with E-state index >= 15 is 0 Å². The fourth-order valence-electron chi connectivity index (χ4n) is 2.96. The Hall–Kier alpha value is -1.38. The van der Waals surface area contributed by atoms with E-state index in [0.717, 1.165) is 12.8 Å². The molecule has 2 aromatic rings. The van der Waals surface area contributed by atoms with Crippen LogP contribution in [0.1, 0.15) is 18.4 Å². The maximum atomic E-state index is 10.8. The van der Waals surface area contributed by atoms with Gasteiger partial charge in [0.2, 0.25) is 0 Å². The predicted molar refractivity (Wildman–Crippen MR) is 77.2 cm³/mol. The molecule has 1 aliphatic rings. The van der Waals surface area contributed by atoms with E-state index in [2.05, 4.69) is 36.4 Å². The van der Waals surface area contributed by atoms with Gasteiger partial charge in [-0.05, 0) is 35.1 Å². The molecular formula is C17H20O2. The molecule has 3 rings (SSSR count). The zero-order valence-electron chi connectivity index (χ0n) is 11.3. The molecule has 1 atom stereocenters. The summed E-state index contributed by atoms with van der Waals surface area (Å²) in [5.74, 6) is 0.395. The molecule has 1 N–H and O–H groups in total. The van der Waals surface area contributed by atoms with Crippen molar-refractivity contribution in [1.29, 1.82) is 0 Å². The number of fused-ring (bicyclic) bond motifs is 1. The lowest BCUT2D eigenvalue weighted by Crippen LogP contribution is -2.39. The summed E-state index contributed by atoms with van der Waals surface area (Å²) < 4.78 is 5.24. The van der Waals surface area contributed by atoms with Crippen LogP contribution in [0.4, 0.5) is 0 Å². The van der Waals surface area contributed by atoms with Gasteiger partial charge in [-0.2, -0.15) is 0 Å². The second kappa shape index (κ2) is 4.95. The minimum absolute atomic E-state index is 0.395. The Morgan fingerprint density at radius 3 is 2.63 bits per heavy atom. The van der Waals surface area contributed by atoms with Crippen LogP contribution in [0.25, 0.3) is 10.8 Å². The molecule has 2 aromatic carbocycles. The fraction of sp³-hybridized carbons (Fsp3) is 0.412. The van der Waals surface area contributed by atoms with Gasteiger partial charge in [-0.25, -0.2) is 0 Å². The molecule has 19 heavy (non-hydrogen) atoms. The highest BCUT2D eigenvalue weighted by molar-refractivity contribution is 5.85. The summed E-state index contributed by atoms with van der Waals surface area (Å²) in [7, 11) is 1.66. The van der Waals surface area contributed by atoms with E-state index in [1.807, 2.05) is 6.07 Å². The SMILES string of the molecule is COCC(O)(Cc1cccc2ccccc12)C1CC1. The molecule has 0 bridgehead atoms. The Balaban J connectivity index is 1.95. The molecule has 2 nitrogen and oxygen atoms in total. The Morgan fingerprint density at radius 1 is 1.16 bits per heavy atom. The molecule has 0 spiro atoms. The molecule has 1 unspecified atom stereocenters. The summed E-state index contributed by atoms with van der Waals surface area (Å²) >= 11 is 0. The van der Waals surface area contributed by atoms with E-state index in [1.165, 1.54) is 16.3 Å². The first kappa shape index (κ1) is 12.6.